The van der Waals surface area contributed by atoms with E-state index in [0.29, 0.717) is 17.7 Å². The summed E-state index contributed by atoms with van der Waals surface area (Å²) in [4.78, 5) is 60.1. The summed E-state index contributed by atoms with van der Waals surface area (Å²) in [5, 5.41) is 2.48. The molecular weight excluding hydrogens is 480 g/mol. The highest BCUT2D eigenvalue weighted by molar-refractivity contribution is 7.18. The highest BCUT2D eigenvalue weighted by Gasteiger charge is 2.26. The zero-order chi connectivity index (χ0) is 26.0. The van der Waals surface area contributed by atoms with Crippen molar-refractivity contribution >= 4 is 45.9 Å². The number of carbonyl (C=O) groups excluding carboxylic acids is 5. The van der Waals surface area contributed by atoms with Crippen LogP contribution in [0.25, 0.3) is 0 Å². The van der Waals surface area contributed by atoms with Gasteiger partial charge in [-0.25, -0.2) is 9.59 Å². The summed E-state index contributed by atoms with van der Waals surface area (Å²) in [6.45, 7) is 2.27. The standard InChI is InChI=1S/C23H26N2O9S/c1-4-16(26)14-5-7-15(8-6-14)33-12-18(28)34-11-17(27)25-22-19(23(30)32-10-9-31-3)13(2)20(35-22)21(24)29/h5-8H,4,9-12H2,1-3H3,(H2,24,29)(H,25,27). The fraction of sp³-hybridized carbons (Fsp3) is 0.348. The van der Waals surface area contributed by atoms with Crippen LogP contribution in [0.5, 0.6) is 5.75 Å². The molecule has 0 aliphatic carbocycles. The molecule has 2 rings (SSSR count). The van der Waals surface area contributed by atoms with Gasteiger partial charge in [0.25, 0.3) is 11.8 Å². The number of benzene rings is 1. The number of primary amides is 1. The third kappa shape index (κ3) is 7.90. The van der Waals surface area contributed by atoms with Gasteiger partial charge in [0.2, 0.25) is 0 Å². The molecule has 35 heavy (non-hydrogen) atoms. The molecule has 1 aromatic heterocycles. The van der Waals surface area contributed by atoms with Crippen LogP contribution in [-0.2, 0) is 23.8 Å². The maximum Gasteiger partial charge on any atom is 0.344 e. The number of hydrogen-bond donors (Lipinski definition) is 2. The Kier molecular flexibility index (Phi) is 10.4. The van der Waals surface area contributed by atoms with E-state index in [4.69, 9.17) is 24.7 Å². The SMILES string of the molecule is CCC(=O)c1ccc(OCC(=O)OCC(=O)Nc2sc(C(N)=O)c(C)c2C(=O)OCCOC)cc1. The molecule has 0 atom stereocenters. The summed E-state index contributed by atoms with van der Waals surface area (Å²) in [5.74, 6) is -2.76. The molecule has 0 aliphatic rings. The number of nitrogens with one attached hydrogen (secondary N) is 1. The summed E-state index contributed by atoms with van der Waals surface area (Å²) in [5.41, 5.74) is 6.12. The monoisotopic (exact) mass is 506 g/mol. The first-order valence-electron chi connectivity index (χ1n) is 10.5. The number of rotatable bonds is 13. The van der Waals surface area contributed by atoms with Crippen LogP contribution in [-0.4, -0.2) is 63.1 Å². The Morgan fingerprint density at radius 1 is 1.00 bits per heavy atom. The van der Waals surface area contributed by atoms with Gasteiger partial charge in [0.1, 0.15) is 17.4 Å². The minimum atomic E-state index is -0.812. The Labute approximate surface area is 205 Å². The summed E-state index contributed by atoms with van der Waals surface area (Å²) >= 11 is 0.809. The van der Waals surface area contributed by atoms with Crippen LogP contribution >= 0.6 is 11.3 Å². The molecular formula is C23H26N2O9S. The van der Waals surface area contributed by atoms with E-state index < -0.39 is 37.0 Å². The van der Waals surface area contributed by atoms with Gasteiger partial charge < -0.3 is 30.0 Å². The molecule has 0 unspecified atom stereocenters. The van der Waals surface area contributed by atoms with E-state index in [9.17, 15) is 24.0 Å². The van der Waals surface area contributed by atoms with Gasteiger partial charge in [0, 0.05) is 19.1 Å². The predicted molar refractivity (Wildman–Crippen MR) is 126 cm³/mol. The first kappa shape index (κ1) is 27.5. The van der Waals surface area contributed by atoms with E-state index in [1.807, 2.05) is 0 Å². The first-order chi connectivity index (χ1) is 16.7. The molecule has 11 nitrogen and oxygen atoms in total. The molecule has 0 saturated carbocycles. The molecule has 0 radical (unpaired) electrons. The van der Waals surface area contributed by atoms with Crippen LogP contribution < -0.4 is 15.8 Å². The zero-order valence-electron chi connectivity index (χ0n) is 19.5. The lowest BCUT2D eigenvalue weighted by Crippen LogP contribution is -2.24. The molecule has 0 fully saturated rings. The van der Waals surface area contributed by atoms with Crippen LogP contribution in [0.3, 0.4) is 0 Å². The molecule has 0 aliphatic heterocycles. The van der Waals surface area contributed by atoms with Gasteiger partial charge in [0.15, 0.2) is 19.0 Å². The maximum atomic E-state index is 12.4. The van der Waals surface area contributed by atoms with Crippen molar-refractivity contribution in [1.82, 2.24) is 0 Å². The molecule has 2 aromatic rings. The summed E-state index contributed by atoms with van der Waals surface area (Å²) in [7, 11) is 1.44. The van der Waals surface area contributed by atoms with Crippen LogP contribution in [0.2, 0.25) is 0 Å². The molecule has 0 spiro atoms. The average Bonchev–Trinajstić information content (AvgIpc) is 3.17. The van der Waals surface area contributed by atoms with Crippen molar-refractivity contribution in [3.05, 3.63) is 45.8 Å². The quantitative estimate of drug-likeness (QED) is 0.235. The highest BCUT2D eigenvalue weighted by atomic mass is 32.1. The van der Waals surface area contributed by atoms with Crippen molar-refractivity contribution in [3.63, 3.8) is 0 Å². The van der Waals surface area contributed by atoms with Gasteiger partial charge in [-0.3, -0.25) is 14.4 Å². The van der Waals surface area contributed by atoms with Crippen LogP contribution in [0, 0.1) is 6.92 Å². The second kappa shape index (κ2) is 13.2. The number of carbonyl (C=O) groups is 5. The van der Waals surface area contributed by atoms with Crippen molar-refractivity contribution in [3.8, 4) is 5.75 Å². The van der Waals surface area contributed by atoms with Gasteiger partial charge in [-0.2, -0.15) is 0 Å². The van der Waals surface area contributed by atoms with Crippen LogP contribution in [0.4, 0.5) is 5.00 Å². The minimum absolute atomic E-state index is 0.0164. The minimum Gasteiger partial charge on any atom is -0.482 e. The number of thiophene rings is 1. The Bertz CT molecular complexity index is 1090. The van der Waals surface area contributed by atoms with Crippen molar-refractivity contribution in [2.24, 2.45) is 5.73 Å². The van der Waals surface area contributed by atoms with Gasteiger partial charge in [-0.15, -0.1) is 11.3 Å². The van der Waals surface area contributed by atoms with Gasteiger partial charge in [-0.05, 0) is 36.8 Å². The molecule has 1 aromatic carbocycles. The Morgan fingerprint density at radius 2 is 1.69 bits per heavy atom. The summed E-state index contributed by atoms with van der Waals surface area (Å²) < 4.78 is 20.1. The molecule has 2 amide bonds. The molecule has 3 N–H and O–H groups in total. The van der Waals surface area contributed by atoms with E-state index in [2.05, 4.69) is 5.32 Å². The lowest BCUT2D eigenvalue weighted by Gasteiger charge is -2.09. The number of anilines is 1. The number of ether oxygens (including phenoxy) is 4. The van der Waals surface area contributed by atoms with E-state index in [1.165, 1.54) is 14.0 Å². The average molecular weight is 507 g/mol. The fourth-order valence-electron chi connectivity index (χ4n) is 2.81. The first-order valence-corrected chi connectivity index (χ1v) is 11.3. The van der Waals surface area contributed by atoms with Crippen molar-refractivity contribution in [1.29, 1.82) is 0 Å². The van der Waals surface area contributed by atoms with E-state index in [-0.39, 0.29) is 40.0 Å². The van der Waals surface area contributed by atoms with Crippen molar-refractivity contribution in [2.45, 2.75) is 20.3 Å². The molecule has 0 bridgehead atoms. The number of Topliss-reactive ketones (excluding diaryl/α,β-unsaturated/α-hetero) is 1. The number of ketones is 1. The zero-order valence-corrected chi connectivity index (χ0v) is 20.3. The molecule has 1 heterocycles. The Hall–Kier alpha value is -3.77. The predicted octanol–water partition coefficient (Wildman–Crippen LogP) is 2.11. The fourth-order valence-corrected chi connectivity index (χ4v) is 3.87. The summed E-state index contributed by atoms with van der Waals surface area (Å²) in [6.07, 6.45) is 0.375. The number of hydrogen-bond acceptors (Lipinski definition) is 10. The molecule has 188 valence electrons. The van der Waals surface area contributed by atoms with Crippen molar-refractivity contribution < 1.29 is 42.9 Å². The maximum absolute atomic E-state index is 12.4. The molecule has 12 heteroatoms. The lowest BCUT2D eigenvalue weighted by molar-refractivity contribution is -0.149. The van der Waals surface area contributed by atoms with E-state index in [0.717, 1.165) is 11.3 Å². The number of esters is 2. The van der Waals surface area contributed by atoms with Gasteiger partial charge in [0.05, 0.1) is 17.0 Å². The van der Waals surface area contributed by atoms with E-state index in [1.54, 1.807) is 31.2 Å². The second-order valence-electron chi connectivity index (χ2n) is 7.05. The highest BCUT2D eigenvalue weighted by Crippen LogP contribution is 2.33. The van der Waals surface area contributed by atoms with Gasteiger partial charge in [-0.1, -0.05) is 6.92 Å². The second-order valence-corrected chi connectivity index (χ2v) is 8.07. The number of amides is 2. The lowest BCUT2D eigenvalue weighted by atomic mass is 10.1. The third-order valence-electron chi connectivity index (χ3n) is 4.57. The third-order valence-corrected chi connectivity index (χ3v) is 5.79. The van der Waals surface area contributed by atoms with Crippen molar-refractivity contribution in [2.75, 3.05) is 38.9 Å². The largest absolute Gasteiger partial charge is 0.482 e. The molecule has 0 saturated heterocycles. The topological polar surface area (TPSA) is 160 Å². The van der Waals surface area contributed by atoms with Crippen LogP contribution in [0.15, 0.2) is 24.3 Å². The van der Waals surface area contributed by atoms with E-state index >= 15 is 0 Å². The Balaban J connectivity index is 1.93. The Morgan fingerprint density at radius 3 is 2.29 bits per heavy atom. The van der Waals surface area contributed by atoms with Crippen LogP contribution in [0.1, 0.15) is 49.3 Å². The normalized spacial score (nSPS) is 10.4. The summed E-state index contributed by atoms with van der Waals surface area (Å²) in [6, 6.07) is 6.26. The number of nitrogens with two attached hydrogens (primary N) is 1. The smallest absolute Gasteiger partial charge is 0.344 e. The number of methoxy groups -OCH3 is 1. The van der Waals surface area contributed by atoms with Gasteiger partial charge >= 0.3 is 11.9 Å².